The van der Waals surface area contributed by atoms with E-state index in [9.17, 15) is 9.59 Å². The van der Waals surface area contributed by atoms with E-state index >= 15 is 0 Å². The van der Waals surface area contributed by atoms with Crippen LogP contribution in [0.2, 0.25) is 0 Å². The van der Waals surface area contributed by atoms with Crippen LogP contribution < -0.4 is 10.1 Å². The molecule has 0 aromatic heterocycles. The largest absolute Gasteiger partial charge is 0.496 e. The van der Waals surface area contributed by atoms with Crippen molar-refractivity contribution >= 4 is 17.6 Å². The summed E-state index contributed by atoms with van der Waals surface area (Å²) in [5.41, 5.74) is 3.22. The fraction of sp³-hybridized carbons (Fsp3) is 0.300. The Morgan fingerprint density at radius 1 is 0.960 bits per heavy atom. The standard InChI is InChI=1S/C20H23NO4/c1-4-14-9-8-10-15(5-2)19(14)21-18(22)13-25-20(23)16-11-6-7-12-17(16)24-3/h6-12H,4-5,13H2,1-3H3,(H,21,22). The molecule has 0 radical (unpaired) electrons. The lowest BCUT2D eigenvalue weighted by atomic mass is 10.0. The van der Waals surface area contributed by atoms with Crippen molar-refractivity contribution in [2.45, 2.75) is 26.7 Å². The van der Waals surface area contributed by atoms with E-state index < -0.39 is 5.97 Å². The smallest absolute Gasteiger partial charge is 0.342 e. The van der Waals surface area contributed by atoms with E-state index in [1.54, 1.807) is 24.3 Å². The molecular formula is C20H23NO4. The van der Waals surface area contributed by atoms with E-state index in [1.165, 1.54) is 7.11 Å². The monoisotopic (exact) mass is 341 g/mol. The van der Waals surface area contributed by atoms with E-state index in [0.29, 0.717) is 11.3 Å². The minimum Gasteiger partial charge on any atom is -0.496 e. The van der Waals surface area contributed by atoms with Crippen molar-refractivity contribution in [3.05, 3.63) is 59.2 Å². The molecule has 2 rings (SSSR count). The number of hydrogen-bond acceptors (Lipinski definition) is 4. The van der Waals surface area contributed by atoms with E-state index in [4.69, 9.17) is 9.47 Å². The predicted octanol–water partition coefficient (Wildman–Crippen LogP) is 3.62. The van der Waals surface area contributed by atoms with Gasteiger partial charge >= 0.3 is 5.97 Å². The van der Waals surface area contributed by atoms with Crippen molar-refractivity contribution in [2.75, 3.05) is 19.0 Å². The molecule has 132 valence electrons. The number of amides is 1. The summed E-state index contributed by atoms with van der Waals surface area (Å²) >= 11 is 0. The third kappa shape index (κ3) is 4.59. The lowest BCUT2D eigenvalue weighted by Gasteiger charge is -2.14. The van der Waals surface area contributed by atoms with Gasteiger partial charge < -0.3 is 14.8 Å². The summed E-state index contributed by atoms with van der Waals surface area (Å²) in [6.07, 6.45) is 1.62. The van der Waals surface area contributed by atoms with Crippen LogP contribution in [-0.2, 0) is 22.4 Å². The van der Waals surface area contributed by atoms with Crippen LogP contribution in [0.25, 0.3) is 0 Å². The first-order valence-corrected chi connectivity index (χ1v) is 8.31. The number of anilines is 1. The summed E-state index contributed by atoms with van der Waals surface area (Å²) in [5, 5.41) is 2.87. The summed E-state index contributed by atoms with van der Waals surface area (Å²) in [6.45, 7) is 3.72. The summed E-state index contributed by atoms with van der Waals surface area (Å²) < 4.78 is 10.2. The zero-order valence-electron chi connectivity index (χ0n) is 14.8. The minimum atomic E-state index is -0.591. The minimum absolute atomic E-state index is 0.293. The molecule has 0 heterocycles. The molecule has 0 spiro atoms. The summed E-state index contributed by atoms with van der Waals surface area (Å²) in [5.74, 6) is -0.538. The Hall–Kier alpha value is -2.82. The number of rotatable bonds is 7. The molecule has 0 fully saturated rings. The second-order valence-electron chi connectivity index (χ2n) is 5.48. The Balaban J connectivity index is 2.03. The zero-order chi connectivity index (χ0) is 18.2. The Morgan fingerprint density at radius 3 is 2.20 bits per heavy atom. The summed E-state index contributed by atoms with van der Waals surface area (Å²) in [4.78, 5) is 24.4. The van der Waals surface area contributed by atoms with Crippen molar-refractivity contribution in [3.8, 4) is 5.75 Å². The Kier molecular flexibility index (Phi) is 6.57. The highest BCUT2D eigenvalue weighted by molar-refractivity contribution is 5.97. The van der Waals surface area contributed by atoms with E-state index in [1.807, 2.05) is 32.0 Å². The van der Waals surface area contributed by atoms with Crippen LogP contribution in [0.3, 0.4) is 0 Å². The molecule has 0 aliphatic carbocycles. The van der Waals surface area contributed by atoms with Crippen molar-refractivity contribution in [3.63, 3.8) is 0 Å². The van der Waals surface area contributed by atoms with Gasteiger partial charge in [-0.05, 0) is 36.1 Å². The molecule has 0 saturated heterocycles. The number of methoxy groups -OCH3 is 1. The number of esters is 1. The summed E-state index contributed by atoms with van der Waals surface area (Å²) in [7, 11) is 1.48. The molecule has 0 saturated carbocycles. The molecule has 0 aliphatic heterocycles. The van der Waals surface area contributed by atoms with Crippen LogP contribution in [0.4, 0.5) is 5.69 Å². The average Bonchev–Trinajstić information content (AvgIpc) is 2.66. The topological polar surface area (TPSA) is 64.6 Å². The number of ether oxygens (including phenoxy) is 2. The van der Waals surface area contributed by atoms with Crippen LogP contribution in [0, 0.1) is 0 Å². The number of para-hydroxylation sites is 2. The van der Waals surface area contributed by atoms with Gasteiger partial charge in [0.05, 0.1) is 7.11 Å². The fourth-order valence-electron chi connectivity index (χ4n) is 2.60. The van der Waals surface area contributed by atoms with Crippen LogP contribution in [0.1, 0.15) is 35.3 Å². The average molecular weight is 341 g/mol. The van der Waals surface area contributed by atoms with Crippen molar-refractivity contribution in [1.82, 2.24) is 0 Å². The molecule has 5 heteroatoms. The van der Waals surface area contributed by atoms with E-state index in [-0.39, 0.29) is 12.5 Å². The van der Waals surface area contributed by atoms with Crippen LogP contribution in [0.5, 0.6) is 5.75 Å². The number of hydrogen-bond donors (Lipinski definition) is 1. The molecule has 1 amide bonds. The Bertz CT molecular complexity index is 733. The number of benzene rings is 2. The maximum atomic E-state index is 12.2. The SMILES string of the molecule is CCc1cccc(CC)c1NC(=O)COC(=O)c1ccccc1OC. The molecule has 25 heavy (non-hydrogen) atoms. The van der Waals surface area contributed by atoms with E-state index in [0.717, 1.165) is 29.7 Å². The molecule has 2 aromatic carbocycles. The third-order valence-electron chi connectivity index (χ3n) is 3.92. The number of carbonyl (C=O) groups is 2. The first-order valence-electron chi connectivity index (χ1n) is 8.31. The highest BCUT2D eigenvalue weighted by atomic mass is 16.5. The second kappa shape index (κ2) is 8.87. The van der Waals surface area contributed by atoms with Crippen LogP contribution in [0.15, 0.2) is 42.5 Å². The van der Waals surface area contributed by atoms with Gasteiger partial charge in [-0.25, -0.2) is 4.79 Å². The van der Waals surface area contributed by atoms with Gasteiger partial charge in [0.2, 0.25) is 0 Å². The van der Waals surface area contributed by atoms with E-state index in [2.05, 4.69) is 5.32 Å². The lowest BCUT2D eigenvalue weighted by Crippen LogP contribution is -2.22. The number of aryl methyl sites for hydroxylation is 2. The molecule has 0 unspecified atom stereocenters. The lowest BCUT2D eigenvalue weighted by molar-refractivity contribution is -0.119. The maximum absolute atomic E-state index is 12.2. The van der Waals surface area contributed by atoms with Gasteiger partial charge in [0.15, 0.2) is 6.61 Å². The fourth-order valence-corrected chi connectivity index (χ4v) is 2.60. The Labute approximate surface area is 148 Å². The number of carbonyl (C=O) groups excluding carboxylic acids is 2. The molecular weight excluding hydrogens is 318 g/mol. The molecule has 5 nitrogen and oxygen atoms in total. The van der Waals surface area contributed by atoms with Crippen molar-refractivity contribution in [2.24, 2.45) is 0 Å². The molecule has 1 N–H and O–H groups in total. The molecule has 0 bridgehead atoms. The Morgan fingerprint density at radius 2 is 1.60 bits per heavy atom. The van der Waals surface area contributed by atoms with Gasteiger partial charge in [0, 0.05) is 5.69 Å². The van der Waals surface area contributed by atoms with Crippen molar-refractivity contribution in [1.29, 1.82) is 0 Å². The van der Waals surface area contributed by atoms with Gasteiger partial charge in [0.1, 0.15) is 11.3 Å². The van der Waals surface area contributed by atoms with Gasteiger partial charge in [-0.3, -0.25) is 4.79 Å². The number of nitrogens with one attached hydrogen (secondary N) is 1. The van der Waals surface area contributed by atoms with Crippen molar-refractivity contribution < 1.29 is 19.1 Å². The highest BCUT2D eigenvalue weighted by Gasteiger charge is 2.16. The van der Waals surface area contributed by atoms with Gasteiger partial charge in [-0.1, -0.05) is 44.2 Å². The quantitative estimate of drug-likeness (QED) is 0.781. The molecule has 0 aliphatic rings. The van der Waals surface area contributed by atoms with Crippen LogP contribution in [-0.4, -0.2) is 25.6 Å². The van der Waals surface area contributed by atoms with Gasteiger partial charge in [-0.2, -0.15) is 0 Å². The third-order valence-corrected chi connectivity index (χ3v) is 3.92. The van der Waals surface area contributed by atoms with Gasteiger partial charge in [0.25, 0.3) is 5.91 Å². The summed E-state index contributed by atoms with van der Waals surface area (Å²) in [6, 6.07) is 12.7. The highest BCUT2D eigenvalue weighted by Crippen LogP contribution is 2.23. The maximum Gasteiger partial charge on any atom is 0.342 e. The zero-order valence-corrected chi connectivity index (χ0v) is 14.8. The normalized spacial score (nSPS) is 10.2. The van der Waals surface area contributed by atoms with Crippen LogP contribution >= 0.6 is 0 Å². The molecule has 2 aromatic rings. The van der Waals surface area contributed by atoms with Gasteiger partial charge in [-0.15, -0.1) is 0 Å². The first-order chi connectivity index (χ1) is 12.1. The predicted molar refractivity (Wildman–Crippen MR) is 97.1 cm³/mol. The molecule has 0 atom stereocenters. The first kappa shape index (κ1) is 18.5. The second-order valence-corrected chi connectivity index (χ2v) is 5.48.